The molecule has 0 saturated carbocycles. The molecule has 0 aliphatic heterocycles. The van der Waals surface area contributed by atoms with Crippen molar-refractivity contribution in [3.8, 4) is 0 Å². The number of sulfone groups is 1. The quantitative estimate of drug-likeness (QED) is 0.243. The van der Waals surface area contributed by atoms with Gasteiger partial charge in [-0.05, 0) is 46.5 Å². The Morgan fingerprint density at radius 2 is 0.897 bits per heavy atom. The highest BCUT2D eigenvalue weighted by Gasteiger charge is 2.26. The van der Waals surface area contributed by atoms with Crippen LogP contribution in [0.25, 0.3) is 24.3 Å². The summed E-state index contributed by atoms with van der Waals surface area (Å²) in [4.78, 5) is 23.8. The predicted molar refractivity (Wildman–Crippen MR) is 158 cm³/mol. The van der Waals surface area contributed by atoms with Crippen LogP contribution in [0.3, 0.4) is 0 Å². The van der Waals surface area contributed by atoms with Crippen molar-refractivity contribution in [2.75, 3.05) is 10.6 Å². The van der Waals surface area contributed by atoms with Crippen LogP contribution in [0.15, 0.2) is 107 Å². The maximum absolute atomic E-state index is 13.9. The minimum absolute atomic E-state index is 0.0752. The van der Waals surface area contributed by atoms with Crippen LogP contribution in [0.2, 0.25) is 0 Å². The number of carbonyl (C=O) groups excluding carboxylic acids is 2. The molecule has 2 N–H and O–H groups in total. The van der Waals surface area contributed by atoms with Gasteiger partial charge in [-0.3, -0.25) is 9.59 Å². The third-order valence-electron chi connectivity index (χ3n) is 5.74. The summed E-state index contributed by atoms with van der Waals surface area (Å²) in [5.74, 6) is -0.807. The molecule has 0 spiro atoms. The first kappa shape index (κ1) is 27.3. The van der Waals surface area contributed by atoms with Gasteiger partial charge in [0.2, 0.25) is 21.7 Å². The largest absolute Gasteiger partial charge is 0.325 e. The number of carbonyl (C=O) groups is 2. The Morgan fingerprint density at radius 1 is 0.538 bits per heavy atom. The number of nitrogens with one attached hydrogen (secondary N) is 2. The van der Waals surface area contributed by atoms with Gasteiger partial charge in [0.1, 0.15) is 0 Å². The van der Waals surface area contributed by atoms with Gasteiger partial charge in [0.25, 0.3) is 0 Å². The minimum atomic E-state index is -4.14. The Morgan fingerprint density at radius 3 is 1.26 bits per heavy atom. The number of benzene rings is 4. The third-order valence-corrected chi connectivity index (χ3v) is 7.61. The average Bonchev–Trinajstić information content (AvgIpc) is 2.91. The van der Waals surface area contributed by atoms with Gasteiger partial charge in [-0.15, -0.1) is 0 Å². The lowest BCUT2D eigenvalue weighted by molar-refractivity contribution is -0.115. The maximum atomic E-state index is 13.9. The fourth-order valence-electron chi connectivity index (χ4n) is 3.98. The topological polar surface area (TPSA) is 92.3 Å². The van der Waals surface area contributed by atoms with E-state index in [4.69, 9.17) is 0 Å². The molecule has 39 heavy (non-hydrogen) atoms. The average molecular weight is 537 g/mol. The second-order valence-electron chi connectivity index (χ2n) is 8.87. The highest BCUT2D eigenvalue weighted by atomic mass is 32.2. The lowest BCUT2D eigenvalue weighted by atomic mass is 10.1. The highest BCUT2D eigenvalue weighted by Crippen LogP contribution is 2.34. The van der Waals surface area contributed by atoms with Crippen LogP contribution in [0.4, 0.5) is 11.4 Å². The van der Waals surface area contributed by atoms with Crippen molar-refractivity contribution in [2.45, 2.75) is 23.6 Å². The second-order valence-corrected chi connectivity index (χ2v) is 10.8. The van der Waals surface area contributed by atoms with Gasteiger partial charge in [0.15, 0.2) is 0 Å². The smallest absolute Gasteiger partial charge is 0.221 e. The van der Waals surface area contributed by atoms with Crippen molar-refractivity contribution in [1.82, 2.24) is 0 Å². The fourth-order valence-corrected chi connectivity index (χ4v) is 5.51. The molecule has 4 aromatic rings. The zero-order chi connectivity index (χ0) is 27.8. The molecular weight excluding hydrogens is 508 g/mol. The summed E-state index contributed by atoms with van der Waals surface area (Å²) in [6.45, 7) is 2.64. The van der Waals surface area contributed by atoms with Crippen LogP contribution in [-0.4, -0.2) is 20.2 Å². The van der Waals surface area contributed by atoms with E-state index < -0.39 is 21.7 Å². The molecule has 0 bridgehead atoms. The van der Waals surface area contributed by atoms with E-state index >= 15 is 0 Å². The molecule has 0 unspecified atom stereocenters. The molecule has 2 amide bonds. The van der Waals surface area contributed by atoms with Gasteiger partial charge in [0, 0.05) is 13.8 Å². The lowest BCUT2D eigenvalue weighted by Crippen LogP contribution is -2.14. The van der Waals surface area contributed by atoms with E-state index in [1.165, 1.54) is 26.0 Å². The summed E-state index contributed by atoms with van der Waals surface area (Å²) in [5, 5.41) is 5.29. The number of anilines is 2. The lowest BCUT2D eigenvalue weighted by Gasteiger charge is -2.15. The molecule has 0 heterocycles. The van der Waals surface area contributed by atoms with E-state index in [2.05, 4.69) is 10.6 Å². The van der Waals surface area contributed by atoms with Crippen molar-refractivity contribution in [2.24, 2.45) is 0 Å². The van der Waals surface area contributed by atoms with Crippen LogP contribution in [0.1, 0.15) is 36.1 Å². The van der Waals surface area contributed by atoms with E-state index in [1.807, 2.05) is 85.0 Å². The van der Waals surface area contributed by atoms with Gasteiger partial charge in [-0.2, -0.15) is 0 Å². The van der Waals surface area contributed by atoms with Gasteiger partial charge < -0.3 is 10.6 Å². The van der Waals surface area contributed by atoms with Crippen LogP contribution in [0, 0.1) is 0 Å². The Hall–Kier alpha value is -4.75. The van der Waals surface area contributed by atoms with E-state index in [1.54, 1.807) is 24.3 Å². The zero-order valence-electron chi connectivity index (χ0n) is 21.6. The van der Waals surface area contributed by atoms with Gasteiger partial charge in [-0.1, -0.05) is 97.1 Å². The second kappa shape index (κ2) is 12.2. The molecule has 0 saturated heterocycles. The minimum Gasteiger partial charge on any atom is -0.325 e. The fraction of sp³-hybridized carbons (Fsp3) is 0.0625. The Kier molecular flexibility index (Phi) is 8.53. The number of hydrogen-bond acceptors (Lipinski definition) is 4. The molecule has 0 radical (unpaired) electrons. The Balaban J connectivity index is 1.74. The molecule has 0 aliphatic rings. The summed E-state index contributed by atoms with van der Waals surface area (Å²) in [5.41, 5.74) is 3.70. The number of hydrogen-bond donors (Lipinski definition) is 2. The van der Waals surface area contributed by atoms with Gasteiger partial charge in [0.05, 0.1) is 21.2 Å². The SMILES string of the molecule is CC(=O)Nc1cc(/C=C/c2ccccc2)ccc1S(=O)(=O)c1ccc(/C=C/c2ccccc2)cc1NC(C)=O. The molecule has 4 rings (SSSR count). The van der Waals surface area contributed by atoms with Crippen molar-refractivity contribution in [1.29, 1.82) is 0 Å². The number of rotatable bonds is 8. The first-order valence-corrected chi connectivity index (χ1v) is 13.8. The van der Waals surface area contributed by atoms with Crippen LogP contribution in [0.5, 0.6) is 0 Å². The molecule has 0 atom stereocenters. The van der Waals surface area contributed by atoms with E-state index in [9.17, 15) is 18.0 Å². The molecule has 4 aromatic carbocycles. The monoisotopic (exact) mass is 536 g/mol. The first-order valence-electron chi connectivity index (χ1n) is 12.3. The predicted octanol–water partition coefficient (Wildman–Crippen LogP) is 6.78. The summed E-state index contributed by atoms with van der Waals surface area (Å²) < 4.78 is 27.8. The third kappa shape index (κ3) is 7.18. The molecule has 0 aromatic heterocycles. The summed E-state index contributed by atoms with van der Waals surface area (Å²) in [6.07, 6.45) is 7.48. The Bertz CT molecular complexity index is 1540. The zero-order valence-corrected chi connectivity index (χ0v) is 22.4. The molecule has 6 nitrogen and oxygen atoms in total. The van der Waals surface area contributed by atoms with Gasteiger partial charge >= 0.3 is 0 Å². The molecule has 0 fully saturated rings. The molecule has 0 aliphatic carbocycles. The molecule has 7 heteroatoms. The van der Waals surface area contributed by atoms with E-state index in [-0.39, 0.29) is 21.2 Å². The maximum Gasteiger partial charge on any atom is 0.221 e. The van der Waals surface area contributed by atoms with E-state index in [0.717, 1.165) is 11.1 Å². The summed E-state index contributed by atoms with van der Waals surface area (Å²) in [6, 6.07) is 28.8. The van der Waals surface area contributed by atoms with Crippen LogP contribution in [-0.2, 0) is 19.4 Å². The van der Waals surface area contributed by atoms with Crippen LogP contribution >= 0.6 is 0 Å². The Labute approximate surface area is 228 Å². The first-order chi connectivity index (χ1) is 18.7. The molecule has 196 valence electrons. The standard InChI is InChI=1S/C32H28N2O4S/c1-23(35)33-29-21-27(15-13-25-9-5-3-6-10-25)17-19-31(29)39(37,38)32-20-18-28(22-30(32)34-24(2)36)16-14-26-11-7-4-8-12-26/h3-22H,1-2H3,(H,33,35)(H,34,36)/b15-13+,16-14+. The number of amides is 2. The summed E-state index contributed by atoms with van der Waals surface area (Å²) >= 11 is 0. The molecular formula is C32H28N2O4S. The van der Waals surface area contributed by atoms with E-state index in [0.29, 0.717) is 11.1 Å². The summed E-state index contributed by atoms with van der Waals surface area (Å²) in [7, 11) is -4.14. The van der Waals surface area contributed by atoms with Crippen molar-refractivity contribution in [3.63, 3.8) is 0 Å². The highest BCUT2D eigenvalue weighted by molar-refractivity contribution is 7.91. The van der Waals surface area contributed by atoms with Crippen molar-refractivity contribution in [3.05, 3.63) is 119 Å². The van der Waals surface area contributed by atoms with Crippen molar-refractivity contribution >= 4 is 57.3 Å². The normalized spacial score (nSPS) is 11.5. The van der Waals surface area contributed by atoms with Crippen LogP contribution < -0.4 is 10.6 Å². The van der Waals surface area contributed by atoms with Gasteiger partial charge in [-0.25, -0.2) is 8.42 Å². The van der Waals surface area contributed by atoms with Crippen molar-refractivity contribution < 1.29 is 18.0 Å².